The van der Waals surface area contributed by atoms with Gasteiger partial charge >= 0.3 is 0 Å². The fourth-order valence-corrected chi connectivity index (χ4v) is 2.15. The second-order valence-electron chi connectivity index (χ2n) is 4.91. The summed E-state index contributed by atoms with van der Waals surface area (Å²) >= 11 is 0. The van der Waals surface area contributed by atoms with E-state index in [1.807, 2.05) is 29.9 Å². The van der Waals surface area contributed by atoms with E-state index >= 15 is 0 Å². The molecule has 0 saturated heterocycles. The van der Waals surface area contributed by atoms with Crippen LogP contribution in [0.3, 0.4) is 0 Å². The number of aromatic nitrogens is 6. The zero-order valence-corrected chi connectivity index (χ0v) is 12.0. The van der Waals surface area contributed by atoms with Crippen molar-refractivity contribution in [3.05, 3.63) is 54.4 Å². The number of hydrogen-bond donors (Lipinski definition) is 1. The van der Waals surface area contributed by atoms with Crippen LogP contribution in [0.25, 0.3) is 5.69 Å². The summed E-state index contributed by atoms with van der Waals surface area (Å²) in [4.78, 5) is 4.31. The van der Waals surface area contributed by atoms with Gasteiger partial charge in [0.2, 0.25) is 0 Å². The molecule has 0 spiro atoms. The molecule has 0 saturated carbocycles. The second-order valence-corrected chi connectivity index (χ2v) is 4.91. The lowest BCUT2D eigenvalue weighted by Gasteiger charge is -2.15. The molecule has 0 bridgehead atoms. The first-order valence-corrected chi connectivity index (χ1v) is 6.77. The third-order valence-electron chi connectivity index (χ3n) is 3.47. The molecule has 0 amide bonds. The molecule has 1 aromatic carbocycles. The summed E-state index contributed by atoms with van der Waals surface area (Å²) in [6.07, 6.45) is 5.34. The summed E-state index contributed by atoms with van der Waals surface area (Å²) in [5.74, 6) is 1.01. The maximum absolute atomic E-state index is 4.31. The van der Waals surface area contributed by atoms with Crippen LogP contribution in [-0.2, 0) is 13.6 Å². The molecule has 7 heteroatoms. The summed E-state index contributed by atoms with van der Waals surface area (Å²) in [6.45, 7) is 2.85. The van der Waals surface area contributed by atoms with E-state index in [0.717, 1.165) is 18.1 Å². The van der Waals surface area contributed by atoms with E-state index in [-0.39, 0.29) is 6.04 Å². The number of benzene rings is 1. The molecule has 0 aliphatic rings. The van der Waals surface area contributed by atoms with Crippen molar-refractivity contribution >= 4 is 0 Å². The van der Waals surface area contributed by atoms with Crippen LogP contribution in [0.15, 0.2) is 43.0 Å². The van der Waals surface area contributed by atoms with Gasteiger partial charge in [-0.25, -0.2) is 9.67 Å². The van der Waals surface area contributed by atoms with Gasteiger partial charge in [0.1, 0.15) is 12.2 Å². The van der Waals surface area contributed by atoms with Crippen LogP contribution in [0, 0.1) is 0 Å². The standard InChI is InChI=1S/C14H17N7/c1-11(16-9-14-15-6-7-20(14)2)12-4-3-5-13(8-12)21-10-17-18-19-21/h3-8,10-11,16H,9H2,1-2H3. The number of hydrogen-bond acceptors (Lipinski definition) is 5. The Morgan fingerprint density at radius 1 is 1.33 bits per heavy atom. The van der Waals surface area contributed by atoms with Crippen LogP contribution in [-0.4, -0.2) is 29.8 Å². The maximum Gasteiger partial charge on any atom is 0.143 e. The molecule has 3 aromatic rings. The molecule has 108 valence electrons. The molecule has 7 nitrogen and oxygen atoms in total. The number of imidazole rings is 1. The van der Waals surface area contributed by atoms with Gasteiger partial charge < -0.3 is 9.88 Å². The van der Waals surface area contributed by atoms with Crippen molar-refractivity contribution in [2.75, 3.05) is 0 Å². The van der Waals surface area contributed by atoms with Gasteiger partial charge in [0.25, 0.3) is 0 Å². The Labute approximate surface area is 122 Å². The van der Waals surface area contributed by atoms with E-state index < -0.39 is 0 Å². The average molecular weight is 283 g/mol. The van der Waals surface area contributed by atoms with Gasteiger partial charge in [-0.1, -0.05) is 12.1 Å². The van der Waals surface area contributed by atoms with Crippen molar-refractivity contribution in [1.29, 1.82) is 0 Å². The fourth-order valence-electron chi connectivity index (χ4n) is 2.15. The van der Waals surface area contributed by atoms with Crippen LogP contribution in [0.1, 0.15) is 24.4 Å². The number of aryl methyl sites for hydroxylation is 1. The summed E-state index contributed by atoms with van der Waals surface area (Å²) in [6, 6.07) is 8.35. The lowest BCUT2D eigenvalue weighted by Crippen LogP contribution is -2.20. The van der Waals surface area contributed by atoms with Gasteiger partial charge in [-0.3, -0.25) is 0 Å². The molecule has 0 aliphatic carbocycles. The van der Waals surface area contributed by atoms with Crippen molar-refractivity contribution in [3.63, 3.8) is 0 Å². The van der Waals surface area contributed by atoms with Crippen molar-refractivity contribution in [2.24, 2.45) is 7.05 Å². The number of tetrazole rings is 1. The van der Waals surface area contributed by atoms with Gasteiger partial charge in [-0.05, 0) is 35.0 Å². The van der Waals surface area contributed by atoms with Gasteiger partial charge in [0.15, 0.2) is 0 Å². The summed E-state index contributed by atoms with van der Waals surface area (Å²) < 4.78 is 3.66. The molecule has 3 rings (SSSR count). The molecule has 1 N–H and O–H groups in total. The van der Waals surface area contributed by atoms with Crippen molar-refractivity contribution in [1.82, 2.24) is 35.1 Å². The minimum absolute atomic E-state index is 0.207. The van der Waals surface area contributed by atoms with Crippen molar-refractivity contribution < 1.29 is 0 Å². The Balaban J connectivity index is 1.71. The van der Waals surface area contributed by atoms with Crippen LogP contribution in [0.5, 0.6) is 0 Å². The highest BCUT2D eigenvalue weighted by Crippen LogP contribution is 2.16. The van der Waals surface area contributed by atoms with E-state index in [1.165, 1.54) is 5.56 Å². The van der Waals surface area contributed by atoms with Gasteiger partial charge in [0, 0.05) is 25.5 Å². The monoisotopic (exact) mass is 283 g/mol. The van der Waals surface area contributed by atoms with Crippen LogP contribution in [0.2, 0.25) is 0 Å². The molecule has 0 aliphatic heterocycles. The number of nitrogens with zero attached hydrogens (tertiary/aromatic N) is 6. The highest BCUT2D eigenvalue weighted by atomic mass is 15.5. The average Bonchev–Trinajstić information content (AvgIpc) is 3.16. The molecule has 1 unspecified atom stereocenters. The lowest BCUT2D eigenvalue weighted by molar-refractivity contribution is 0.549. The van der Waals surface area contributed by atoms with Gasteiger partial charge in [-0.2, -0.15) is 0 Å². The minimum Gasteiger partial charge on any atom is -0.337 e. The van der Waals surface area contributed by atoms with Crippen molar-refractivity contribution in [3.8, 4) is 5.69 Å². The van der Waals surface area contributed by atoms with E-state index in [9.17, 15) is 0 Å². The highest BCUT2D eigenvalue weighted by Gasteiger charge is 2.08. The fraction of sp³-hybridized carbons (Fsp3) is 0.286. The third kappa shape index (κ3) is 2.97. The quantitative estimate of drug-likeness (QED) is 0.763. The number of rotatable bonds is 5. The second kappa shape index (κ2) is 5.84. The van der Waals surface area contributed by atoms with E-state index in [0.29, 0.717) is 0 Å². The summed E-state index contributed by atoms with van der Waals surface area (Å²) in [5, 5.41) is 14.7. The Kier molecular flexibility index (Phi) is 3.74. The van der Waals surface area contributed by atoms with E-state index in [4.69, 9.17) is 0 Å². The Bertz CT molecular complexity index is 702. The molecule has 21 heavy (non-hydrogen) atoms. The minimum atomic E-state index is 0.207. The Morgan fingerprint density at radius 2 is 2.24 bits per heavy atom. The van der Waals surface area contributed by atoms with Gasteiger partial charge in [0.05, 0.1) is 12.2 Å². The van der Waals surface area contributed by atoms with Crippen molar-refractivity contribution in [2.45, 2.75) is 19.5 Å². The predicted molar refractivity (Wildman–Crippen MR) is 77.6 cm³/mol. The maximum atomic E-state index is 4.31. The number of nitrogens with one attached hydrogen (secondary N) is 1. The Morgan fingerprint density at radius 3 is 2.95 bits per heavy atom. The first-order valence-electron chi connectivity index (χ1n) is 6.77. The summed E-state index contributed by atoms with van der Waals surface area (Å²) in [5.41, 5.74) is 2.13. The molecule has 0 radical (unpaired) electrons. The largest absolute Gasteiger partial charge is 0.337 e. The molecule has 2 heterocycles. The molecule has 2 aromatic heterocycles. The normalized spacial score (nSPS) is 12.5. The van der Waals surface area contributed by atoms with E-state index in [2.05, 4.69) is 44.9 Å². The lowest BCUT2D eigenvalue weighted by atomic mass is 10.1. The topological polar surface area (TPSA) is 73.5 Å². The molecular formula is C14H17N7. The highest BCUT2D eigenvalue weighted by molar-refractivity contribution is 5.35. The smallest absolute Gasteiger partial charge is 0.143 e. The van der Waals surface area contributed by atoms with Crippen LogP contribution < -0.4 is 5.32 Å². The molecule has 0 fully saturated rings. The Hall–Kier alpha value is -2.54. The van der Waals surface area contributed by atoms with Gasteiger partial charge in [-0.15, -0.1) is 5.10 Å². The van der Waals surface area contributed by atoms with E-state index in [1.54, 1.807) is 17.2 Å². The zero-order chi connectivity index (χ0) is 14.7. The van der Waals surface area contributed by atoms with Crippen LogP contribution >= 0.6 is 0 Å². The first-order chi connectivity index (χ1) is 10.2. The predicted octanol–water partition coefficient (Wildman–Crippen LogP) is 1.25. The van der Waals surface area contributed by atoms with Crippen LogP contribution in [0.4, 0.5) is 0 Å². The SMILES string of the molecule is CC(NCc1nccn1C)c1cccc(-n2cnnn2)c1. The molecular weight excluding hydrogens is 266 g/mol. The third-order valence-corrected chi connectivity index (χ3v) is 3.47. The zero-order valence-electron chi connectivity index (χ0n) is 12.0. The first kappa shape index (κ1) is 13.4. The summed E-state index contributed by atoms with van der Waals surface area (Å²) in [7, 11) is 1.99. The molecule has 1 atom stereocenters.